The lowest BCUT2D eigenvalue weighted by molar-refractivity contribution is 0.321. The third kappa shape index (κ3) is 3.30. The first kappa shape index (κ1) is 16.1. The van der Waals surface area contributed by atoms with Gasteiger partial charge in [-0.05, 0) is 43.2 Å². The standard InChI is InChI=1S/C16H20FN3O2S/c1-19-12-10-15(18-19)16-5-3-2-4-11-20(16)23(21,22)14-8-6-13(17)7-9-14/h6-10,12,16H,2-5,11H2,1H3. The number of halogens is 1. The van der Waals surface area contributed by atoms with Gasteiger partial charge in [-0.2, -0.15) is 9.40 Å². The molecule has 1 aliphatic heterocycles. The zero-order valence-corrected chi connectivity index (χ0v) is 13.8. The Morgan fingerprint density at radius 2 is 1.87 bits per heavy atom. The predicted octanol–water partition coefficient (Wildman–Crippen LogP) is 2.87. The van der Waals surface area contributed by atoms with Crippen LogP contribution in [-0.2, 0) is 17.1 Å². The molecule has 2 aromatic rings. The topological polar surface area (TPSA) is 55.2 Å². The summed E-state index contributed by atoms with van der Waals surface area (Å²) >= 11 is 0. The molecular formula is C16H20FN3O2S. The molecule has 0 spiro atoms. The smallest absolute Gasteiger partial charge is 0.243 e. The average molecular weight is 337 g/mol. The molecule has 3 rings (SSSR count). The van der Waals surface area contributed by atoms with Crippen LogP contribution in [0.1, 0.15) is 37.4 Å². The highest BCUT2D eigenvalue weighted by atomic mass is 32.2. The minimum atomic E-state index is -3.67. The van der Waals surface area contributed by atoms with E-state index in [1.54, 1.807) is 4.68 Å². The van der Waals surface area contributed by atoms with Gasteiger partial charge in [0, 0.05) is 19.8 Å². The first-order chi connectivity index (χ1) is 11.0. The minimum absolute atomic E-state index is 0.127. The van der Waals surface area contributed by atoms with E-state index in [-0.39, 0.29) is 10.9 Å². The van der Waals surface area contributed by atoms with Crippen molar-refractivity contribution < 1.29 is 12.8 Å². The van der Waals surface area contributed by atoms with Crippen LogP contribution < -0.4 is 0 Å². The Hall–Kier alpha value is -1.73. The number of aromatic nitrogens is 2. The van der Waals surface area contributed by atoms with E-state index in [4.69, 9.17) is 0 Å². The summed E-state index contributed by atoms with van der Waals surface area (Å²) in [5.41, 5.74) is 0.764. The highest BCUT2D eigenvalue weighted by molar-refractivity contribution is 7.89. The van der Waals surface area contributed by atoms with Crippen LogP contribution in [0.4, 0.5) is 4.39 Å². The lowest BCUT2D eigenvalue weighted by atomic mass is 10.1. The van der Waals surface area contributed by atoms with Crippen LogP contribution in [0, 0.1) is 5.82 Å². The summed E-state index contributed by atoms with van der Waals surface area (Å²) in [6, 6.07) is 6.61. The number of hydrogen-bond donors (Lipinski definition) is 0. The third-order valence-corrected chi connectivity index (χ3v) is 6.12. The largest absolute Gasteiger partial charge is 0.275 e. The van der Waals surface area contributed by atoms with E-state index in [1.165, 1.54) is 28.6 Å². The number of sulfonamides is 1. The van der Waals surface area contributed by atoms with Gasteiger partial charge in [0.25, 0.3) is 0 Å². The molecule has 0 bridgehead atoms. The van der Waals surface area contributed by atoms with Gasteiger partial charge in [-0.1, -0.05) is 12.8 Å². The molecule has 1 atom stereocenters. The molecule has 2 heterocycles. The summed E-state index contributed by atoms with van der Waals surface area (Å²) in [5, 5.41) is 4.40. The second-order valence-electron chi connectivity index (χ2n) is 5.85. The molecule has 1 aliphatic rings. The Kier molecular flexibility index (Phi) is 4.50. The fourth-order valence-electron chi connectivity index (χ4n) is 3.02. The van der Waals surface area contributed by atoms with Gasteiger partial charge < -0.3 is 0 Å². The Bertz CT molecular complexity index is 771. The molecule has 0 aliphatic carbocycles. The Morgan fingerprint density at radius 1 is 1.13 bits per heavy atom. The molecule has 5 nitrogen and oxygen atoms in total. The van der Waals surface area contributed by atoms with Crippen molar-refractivity contribution in [3.8, 4) is 0 Å². The average Bonchev–Trinajstić information content (AvgIpc) is 2.80. The van der Waals surface area contributed by atoms with Crippen molar-refractivity contribution in [2.24, 2.45) is 7.05 Å². The summed E-state index contributed by atoms with van der Waals surface area (Å²) in [4.78, 5) is 0.127. The molecule has 1 aromatic heterocycles. The van der Waals surface area contributed by atoms with Gasteiger partial charge in [-0.3, -0.25) is 4.68 Å². The highest BCUT2D eigenvalue weighted by Crippen LogP contribution is 2.33. The lowest BCUT2D eigenvalue weighted by Crippen LogP contribution is -2.35. The lowest BCUT2D eigenvalue weighted by Gasteiger charge is -2.28. The van der Waals surface area contributed by atoms with Crippen LogP contribution >= 0.6 is 0 Å². The number of benzene rings is 1. The first-order valence-corrected chi connectivity index (χ1v) is 9.19. The SMILES string of the molecule is Cn1ccc(C2CCCCCN2S(=O)(=O)c2ccc(F)cc2)n1. The van der Waals surface area contributed by atoms with Crippen molar-refractivity contribution in [2.75, 3.05) is 6.54 Å². The van der Waals surface area contributed by atoms with Crippen LogP contribution in [0.15, 0.2) is 41.4 Å². The van der Waals surface area contributed by atoms with Gasteiger partial charge in [-0.25, -0.2) is 12.8 Å². The molecule has 23 heavy (non-hydrogen) atoms. The van der Waals surface area contributed by atoms with Gasteiger partial charge in [-0.15, -0.1) is 0 Å². The number of rotatable bonds is 3. The second-order valence-corrected chi connectivity index (χ2v) is 7.74. The van der Waals surface area contributed by atoms with Crippen LogP contribution in [0.5, 0.6) is 0 Å². The van der Waals surface area contributed by atoms with Crippen molar-refractivity contribution in [1.82, 2.24) is 14.1 Å². The van der Waals surface area contributed by atoms with Gasteiger partial charge in [0.1, 0.15) is 5.82 Å². The van der Waals surface area contributed by atoms with E-state index < -0.39 is 15.8 Å². The zero-order chi connectivity index (χ0) is 16.4. The van der Waals surface area contributed by atoms with Gasteiger partial charge >= 0.3 is 0 Å². The summed E-state index contributed by atoms with van der Waals surface area (Å²) in [6.07, 6.45) is 5.36. The monoisotopic (exact) mass is 337 g/mol. The zero-order valence-electron chi connectivity index (χ0n) is 13.0. The maximum absolute atomic E-state index is 13.1. The molecule has 0 amide bonds. The summed E-state index contributed by atoms with van der Waals surface area (Å²) in [7, 11) is -1.85. The van der Waals surface area contributed by atoms with E-state index in [0.29, 0.717) is 6.54 Å². The molecule has 1 aromatic carbocycles. The molecule has 0 N–H and O–H groups in total. The highest BCUT2D eigenvalue weighted by Gasteiger charge is 2.34. The number of nitrogens with zero attached hydrogens (tertiary/aromatic N) is 3. The van der Waals surface area contributed by atoms with Crippen molar-refractivity contribution in [1.29, 1.82) is 0 Å². The van der Waals surface area contributed by atoms with Crippen molar-refractivity contribution >= 4 is 10.0 Å². The molecule has 1 saturated heterocycles. The Balaban J connectivity index is 2.00. The first-order valence-electron chi connectivity index (χ1n) is 7.75. The molecule has 0 radical (unpaired) electrons. The summed E-state index contributed by atoms with van der Waals surface area (Å²) < 4.78 is 42.3. The van der Waals surface area contributed by atoms with Gasteiger partial charge in [0.05, 0.1) is 16.6 Å². The number of aryl methyl sites for hydroxylation is 1. The van der Waals surface area contributed by atoms with Crippen molar-refractivity contribution in [3.63, 3.8) is 0 Å². The number of hydrogen-bond acceptors (Lipinski definition) is 3. The van der Waals surface area contributed by atoms with Crippen LogP contribution in [0.3, 0.4) is 0 Å². The third-order valence-electron chi connectivity index (χ3n) is 4.20. The van der Waals surface area contributed by atoms with E-state index in [0.717, 1.165) is 31.4 Å². The van der Waals surface area contributed by atoms with Crippen LogP contribution in [0.2, 0.25) is 0 Å². The minimum Gasteiger partial charge on any atom is -0.275 e. The fourth-order valence-corrected chi connectivity index (χ4v) is 4.69. The predicted molar refractivity (Wildman–Crippen MR) is 84.7 cm³/mol. The van der Waals surface area contributed by atoms with Crippen LogP contribution in [-0.4, -0.2) is 29.0 Å². The Labute approximate surface area is 135 Å². The van der Waals surface area contributed by atoms with Crippen molar-refractivity contribution in [3.05, 3.63) is 48.0 Å². The van der Waals surface area contributed by atoms with E-state index >= 15 is 0 Å². The van der Waals surface area contributed by atoms with Gasteiger partial charge in [0.2, 0.25) is 10.0 Å². The normalized spacial score (nSPS) is 20.3. The molecule has 124 valence electrons. The fraction of sp³-hybridized carbons (Fsp3) is 0.438. The summed E-state index contributed by atoms with van der Waals surface area (Å²) in [5.74, 6) is -0.443. The van der Waals surface area contributed by atoms with Crippen LogP contribution in [0.25, 0.3) is 0 Å². The van der Waals surface area contributed by atoms with Crippen molar-refractivity contribution in [2.45, 2.75) is 36.6 Å². The van der Waals surface area contributed by atoms with E-state index in [2.05, 4.69) is 5.10 Å². The maximum Gasteiger partial charge on any atom is 0.243 e. The van der Waals surface area contributed by atoms with E-state index in [9.17, 15) is 12.8 Å². The quantitative estimate of drug-likeness (QED) is 0.865. The summed E-state index contributed by atoms with van der Waals surface area (Å²) in [6.45, 7) is 0.459. The van der Waals surface area contributed by atoms with Gasteiger partial charge in [0.15, 0.2) is 0 Å². The second kappa shape index (κ2) is 6.41. The molecule has 0 saturated carbocycles. The molecule has 7 heteroatoms. The van der Waals surface area contributed by atoms with E-state index in [1.807, 2.05) is 19.3 Å². The maximum atomic E-state index is 13.1. The molecular weight excluding hydrogens is 317 g/mol. The molecule has 1 fully saturated rings. The Morgan fingerprint density at radius 3 is 2.52 bits per heavy atom. The molecule has 1 unspecified atom stereocenters.